The van der Waals surface area contributed by atoms with Gasteiger partial charge in [-0.05, 0) is 64.7 Å². The van der Waals surface area contributed by atoms with Crippen molar-refractivity contribution < 1.29 is 24.0 Å². The van der Waals surface area contributed by atoms with E-state index in [9.17, 15) is 24.0 Å². The van der Waals surface area contributed by atoms with Crippen molar-refractivity contribution in [1.29, 1.82) is 0 Å². The topological polar surface area (TPSA) is 95.1 Å². The molecular formula is C42H37N3O5. The summed E-state index contributed by atoms with van der Waals surface area (Å²) in [6.07, 6.45) is 0.383. The second-order valence-electron chi connectivity index (χ2n) is 13.8. The Hall–Kier alpha value is -5.89. The molecule has 0 aliphatic carbocycles. The molecule has 250 valence electrons. The van der Waals surface area contributed by atoms with Gasteiger partial charge in [0, 0.05) is 41.7 Å². The van der Waals surface area contributed by atoms with E-state index in [2.05, 4.69) is 20.8 Å². The molecule has 5 aromatic rings. The average Bonchev–Trinajstić information content (AvgIpc) is 3.37. The lowest BCUT2D eigenvalue weighted by Gasteiger charge is -2.33. The molecule has 0 bridgehead atoms. The summed E-state index contributed by atoms with van der Waals surface area (Å²) in [5, 5.41) is 1.48. The zero-order valence-corrected chi connectivity index (χ0v) is 28.3. The highest BCUT2D eigenvalue weighted by atomic mass is 16.2. The molecule has 0 fully saturated rings. The van der Waals surface area contributed by atoms with Crippen LogP contribution in [0.5, 0.6) is 0 Å². The van der Waals surface area contributed by atoms with Gasteiger partial charge in [0.05, 0.1) is 11.1 Å². The molecule has 0 saturated heterocycles. The van der Waals surface area contributed by atoms with Gasteiger partial charge in [-0.15, -0.1) is 0 Å². The van der Waals surface area contributed by atoms with Gasteiger partial charge >= 0.3 is 0 Å². The fourth-order valence-corrected chi connectivity index (χ4v) is 6.98. The summed E-state index contributed by atoms with van der Waals surface area (Å²) in [5.41, 5.74) is 3.80. The van der Waals surface area contributed by atoms with Crippen molar-refractivity contribution in [3.8, 4) is 0 Å². The number of amides is 5. The maximum Gasteiger partial charge on any atom is 0.262 e. The Morgan fingerprint density at radius 1 is 0.640 bits per heavy atom. The highest BCUT2D eigenvalue weighted by Crippen LogP contribution is 2.32. The van der Waals surface area contributed by atoms with Gasteiger partial charge in [-0.3, -0.25) is 33.8 Å². The Labute approximate surface area is 290 Å². The second kappa shape index (κ2) is 12.9. The molecule has 0 aromatic heterocycles. The number of imide groups is 2. The molecule has 5 aromatic carbocycles. The Morgan fingerprint density at radius 2 is 1.18 bits per heavy atom. The van der Waals surface area contributed by atoms with E-state index in [-0.39, 0.29) is 54.3 Å². The zero-order chi connectivity index (χ0) is 35.2. The minimum Gasteiger partial charge on any atom is -0.311 e. The number of anilines is 1. The van der Waals surface area contributed by atoms with Gasteiger partial charge in [0.25, 0.3) is 29.5 Å². The number of hydrogen-bond acceptors (Lipinski definition) is 5. The molecule has 8 nitrogen and oxygen atoms in total. The highest BCUT2D eigenvalue weighted by molar-refractivity contribution is 6.25. The smallest absolute Gasteiger partial charge is 0.262 e. The summed E-state index contributed by atoms with van der Waals surface area (Å²) >= 11 is 0. The lowest BCUT2D eigenvalue weighted by atomic mass is 9.87. The SMILES string of the molecule is CC(C)(C)c1ccc(N(CCCN2C(=O)c3cccc4cccc(c34)C2=O)C(=O)[C@H](Cc2ccccc2)N2C(=O)c3ccccc3C2=O)cc1. The molecule has 5 amide bonds. The normalized spacial score (nSPS) is 14.7. The van der Waals surface area contributed by atoms with Crippen LogP contribution in [0, 0.1) is 0 Å². The van der Waals surface area contributed by atoms with Gasteiger partial charge in [-0.25, -0.2) is 0 Å². The van der Waals surface area contributed by atoms with Gasteiger partial charge < -0.3 is 4.90 Å². The van der Waals surface area contributed by atoms with Gasteiger partial charge in [-0.2, -0.15) is 0 Å². The van der Waals surface area contributed by atoms with Gasteiger partial charge in [-0.1, -0.05) is 99.6 Å². The van der Waals surface area contributed by atoms with E-state index in [0.717, 1.165) is 21.4 Å². The van der Waals surface area contributed by atoms with Crippen molar-refractivity contribution >= 4 is 46.0 Å². The molecule has 0 spiro atoms. The maximum absolute atomic E-state index is 14.9. The number of carbonyl (C=O) groups excluding carboxylic acids is 5. The molecule has 2 aliphatic heterocycles. The van der Waals surface area contributed by atoms with Crippen LogP contribution < -0.4 is 4.90 Å². The minimum atomic E-state index is -1.14. The van der Waals surface area contributed by atoms with E-state index in [0.29, 0.717) is 22.2 Å². The molecule has 8 heteroatoms. The number of fused-ring (bicyclic) bond motifs is 1. The van der Waals surface area contributed by atoms with E-state index in [1.54, 1.807) is 53.4 Å². The van der Waals surface area contributed by atoms with Crippen LogP contribution in [-0.4, -0.2) is 58.5 Å². The van der Waals surface area contributed by atoms with Crippen LogP contribution in [-0.2, 0) is 16.6 Å². The monoisotopic (exact) mass is 663 g/mol. The summed E-state index contributed by atoms with van der Waals surface area (Å²) in [4.78, 5) is 73.6. The molecule has 1 atom stereocenters. The van der Waals surface area contributed by atoms with E-state index in [1.807, 2.05) is 66.7 Å². The van der Waals surface area contributed by atoms with Crippen molar-refractivity contribution in [3.05, 3.63) is 149 Å². The largest absolute Gasteiger partial charge is 0.311 e. The summed E-state index contributed by atoms with van der Waals surface area (Å²) in [6.45, 7) is 6.52. The highest BCUT2D eigenvalue weighted by Gasteiger charge is 2.44. The van der Waals surface area contributed by atoms with Crippen LogP contribution in [0.1, 0.15) is 79.8 Å². The average molecular weight is 664 g/mol. The molecule has 0 unspecified atom stereocenters. The van der Waals surface area contributed by atoms with Crippen LogP contribution in [0.15, 0.2) is 115 Å². The fourth-order valence-electron chi connectivity index (χ4n) is 6.98. The van der Waals surface area contributed by atoms with Crippen LogP contribution in [0.3, 0.4) is 0 Å². The van der Waals surface area contributed by atoms with E-state index in [1.165, 1.54) is 4.90 Å². The third-order valence-electron chi connectivity index (χ3n) is 9.62. The van der Waals surface area contributed by atoms with Crippen LogP contribution in [0.25, 0.3) is 10.8 Å². The minimum absolute atomic E-state index is 0.0720. The molecule has 7 rings (SSSR count). The predicted octanol–water partition coefficient (Wildman–Crippen LogP) is 7.06. The first-order valence-corrected chi connectivity index (χ1v) is 16.9. The Balaban J connectivity index is 1.22. The third kappa shape index (κ3) is 5.76. The first-order chi connectivity index (χ1) is 24.0. The molecule has 0 radical (unpaired) electrons. The standard InChI is InChI=1S/C42H37N3O5/c1-42(2,3)29-20-22-30(23-21-29)43(24-11-25-44-37(46)33-18-9-14-28-15-10-19-34(36(28)33)38(44)47)41(50)35(26-27-12-5-4-6-13-27)45-39(48)31-16-7-8-17-32(31)40(45)49/h4-10,12-23,35H,11,24-26H2,1-3H3/t35-/m0/s1. The van der Waals surface area contributed by atoms with Crippen molar-refractivity contribution in [3.63, 3.8) is 0 Å². The Bertz CT molecular complexity index is 2080. The van der Waals surface area contributed by atoms with E-state index >= 15 is 0 Å². The quantitative estimate of drug-likeness (QED) is 0.157. The first-order valence-electron chi connectivity index (χ1n) is 16.9. The predicted molar refractivity (Wildman–Crippen MR) is 192 cm³/mol. The van der Waals surface area contributed by atoms with E-state index in [4.69, 9.17) is 0 Å². The molecule has 50 heavy (non-hydrogen) atoms. The molecule has 2 heterocycles. The number of nitrogens with zero attached hydrogens (tertiary/aromatic N) is 3. The van der Waals surface area contributed by atoms with Gasteiger partial charge in [0.1, 0.15) is 6.04 Å². The zero-order valence-electron chi connectivity index (χ0n) is 28.3. The van der Waals surface area contributed by atoms with Crippen LogP contribution >= 0.6 is 0 Å². The number of benzene rings is 5. The summed E-state index contributed by atoms with van der Waals surface area (Å²) < 4.78 is 0. The molecule has 2 aliphatic rings. The number of rotatable bonds is 9. The maximum atomic E-state index is 14.9. The van der Waals surface area contributed by atoms with Crippen molar-refractivity contribution in [2.75, 3.05) is 18.0 Å². The van der Waals surface area contributed by atoms with Crippen LogP contribution in [0.2, 0.25) is 0 Å². The molecule has 0 N–H and O–H groups in total. The van der Waals surface area contributed by atoms with Crippen LogP contribution in [0.4, 0.5) is 5.69 Å². The summed E-state index contributed by atoms with van der Waals surface area (Å²) in [7, 11) is 0. The van der Waals surface area contributed by atoms with Crippen molar-refractivity contribution in [1.82, 2.24) is 9.80 Å². The Kier molecular flexibility index (Phi) is 8.39. The first kappa shape index (κ1) is 32.6. The van der Waals surface area contributed by atoms with Gasteiger partial charge in [0.2, 0.25) is 0 Å². The number of carbonyl (C=O) groups is 5. The Morgan fingerprint density at radius 3 is 1.74 bits per heavy atom. The van der Waals surface area contributed by atoms with Gasteiger partial charge in [0.15, 0.2) is 0 Å². The second-order valence-corrected chi connectivity index (χ2v) is 13.8. The van der Waals surface area contributed by atoms with E-state index < -0.39 is 23.8 Å². The lowest BCUT2D eigenvalue weighted by Crippen LogP contribution is -2.53. The van der Waals surface area contributed by atoms with Crippen molar-refractivity contribution in [2.24, 2.45) is 0 Å². The molecule has 0 saturated carbocycles. The fraction of sp³-hybridized carbons (Fsp3) is 0.214. The lowest BCUT2D eigenvalue weighted by molar-refractivity contribution is -0.122. The number of hydrogen-bond donors (Lipinski definition) is 0. The third-order valence-corrected chi connectivity index (χ3v) is 9.62. The summed E-state index contributed by atoms with van der Waals surface area (Å²) in [6, 6.07) is 33.3. The molecular weight excluding hydrogens is 626 g/mol. The summed E-state index contributed by atoms with van der Waals surface area (Å²) in [5.74, 6) is -2.21. The van der Waals surface area contributed by atoms with Crippen molar-refractivity contribution in [2.45, 2.75) is 45.1 Å².